The van der Waals surface area contributed by atoms with Gasteiger partial charge in [-0.25, -0.2) is 0 Å². The molecule has 0 saturated heterocycles. The number of ether oxygens (including phenoxy) is 1. The van der Waals surface area contributed by atoms with Crippen molar-refractivity contribution in [2.75, 3.05) is 6.61 Å². The van der Waals surface area contributed by atoms with Gasteiger partial charge in [-0.05, 0) is 52.7 Å². The van der Waals surface area contributed by atoms with Crippen molar-refractivity contribution in [2.45, 2.75) is 13.0 Å². The number of nitrogens with zero attached hydrogens (tertiary/aromatic N) is 1. The van der Waals surface area contributed by atoms with Crippen LogP contribution in [0, 0.1) is 0 Å². The smallest absolute Gasteiger partial charge is 0.250 e. The third-order valence-electron chi connectivity index (χ3n) is 2.57. The van der Waals surface area contributed by atoms with Crippen molar-refractivity contribution in [1.29, 1.82) is 0 Å². The summed E-state index contributed by atoms with van der Waals surface area (Å²) in [5, 5.41) is 0.688. The van der Waals surface area contributed by atoms with Crippen molar-refractivity contribution in [1.82, 2.24) is 4.57 Å². The molecule has 3 nitrogen and oxygen atoms in total. The molecule has 0 spiro atoms. The van der Waals surface area contributed by atoms with E-state index in [0.717, 1.165) is 16.6 Å². The lowest BCUT2D eigenvalue weighted by molar-refractivity contribution is 0.301. The highest BCUT2D eigenvalue weighted by Gasteiger charge is 1.98. The van der Waals surface area contributed by atoms with Crippen LogP contribution in [-0.2, 0) is 6.54 Å². The first-order valence-corrected chi connectivity index (χ1v) is 7.06. The van der Waals surface area contributed by atoms with E-state index in [0.29, 0.717) is 18.2 Å². The Balaban J connectivity index is 1.82. The van der Waals surface area contributed by atoms with Gasteiger partial charge in [-0.2, -0.15) is 0 Å². The normalized spacial score (nSPS) is 10.4. The Morgan fingerprint density at radius 1 is 1.16 bits per heavy atom. The van der Waals surface area contributed by atoms with Gasteiger partial charge in [0, 0.05) is 28.3 Å². The first-order chi connectivity index (χ1) is 9.15. The number of pyridine rings is 1. The maximum absolute atomic E-state index is 11.6. The quantitative estimate of drug-likeness (QED) is 0.775. The van der Waals surface area contributed by atoms with Crippen LogP contribution in [0.3, 0.4) is 0 Å². The van der Waals surface area contributed by atoms with E-state index in [1.807, 2.05) is 12.1 Å². The van der Waals surface area contributed by atoms with E-state index in [9.17, 15) is 4.79 Å². The van der Waals surface area contributed by atoms with Crippen LogP contribution in [0.1, 0.15) is 6.42 Å². The summed E-state index contributed by atoms with van der Waals surface area (Å²) in [7, 11) is 0. The zero-order valence-corrected chi connectivity index (χ0v) is 12.5. The molecule has 0 radical (unpaired) electrons. The maximum atomic E-state index is 11.6. The lowest BCUT2D eigenvalue weighted by Gasteiger charge is -2.08. The Bertz CT molecular complexity index is 595. The Morgan fingerprint density at radius 3 is 2.63 bits per heavy atom. The molecule has 19 heavy (non-hydrogen) atoms. The summed E-state index contributed by atoms with van der Waals surface area (Å²) in [5.41, 5.74) is -0.00491. The van der Waals surface area contributed by atoms with Crippen LogP contribution >= 0.6 is 27.5 Å². The van der Waals surface area contributed by atoms with Crippen LogP contribution in [0.2, 0.25) is 5.02 Å². The molecule has 0 N–H and O–H groups in total. The van der Waals surface area contributed by atoms with Gasteiger partial charge < -0.3 is 9.30 Å². The molecule has 2 rings (SSSR count). The molecule has 0 bridgehead atoms. The molecular formula is C14H13BrClNO2. The largest absolute Gasteiger partial charge is 0.494 e. The zero-order valence-electron chi connectivity index (χ0n) is 10.2. The molecule has 1 heterocycles. The van der Waals surface area contributed by atoms with E-state index in [1.54, 1.807) is 35.0 Å². The summed E-state index contributed by atoms with van der Waals surface area (Å²) in [6, 6.07) is 10.5. The van der Waals surface area contributed by atoms with E-state index >= 15 is 0 Å². The topological polar surface area (TPSA) is 31.2 Å². The van der Waals surface area contributed by atoms with Crippen LogP contribution in [0.25, 0.3) is 0 Å². The summed E-state index contributed by atoms with van der Waals surface area (Å²) in [5.74, 6) is 0.783. The van der Waals surface area contributed by atoms with Crippen molar-refractivity contribution < 1.29 is 4.74 Å². The Morgan fingerprint density at radius 2 is 1.89 bits per heavy atom. The van der Waals surface area contributed by atoms with Crippen LogP contribution < -0.4 is 10.3 Å². The van der Waals surface area contributed by atoms with Gasteiger partial charge in [-0.15, -0.1) is 0 Å². The number of benzene rings is 1. The number of aryl methyl sites for hydroxylation is 1. The van der Waals surface area contributed by atoms with Gasteiger partial charge in [0.15, 0.2) is 0 Å². The number of hydrogen-bond acceptors (Lipinski definition) is 2. The second-order valence-corrected chi connectivity index (χ2v) is 5.39. The van der Waals surface area contributed by atoms with Crippen molar-refractivity contribution in [2.24, 2.45) is 0 Å². The highest BCUT2D eigenvalue weighted by Crippen LogP contribution is 2.15. The molecule has 0 amide bonds. The van der Waals surface area contributed by atoms with Crippen LogP contribution in [-0.4, -0.2) is 11.2 Å². The van der Waals surface area contributed by atoms with Crippen molar-refractivity contribution in [3.63, 3.8) is 0 Å². The van der Waals surface area contributed by atoms with Gasteiger partial charge in [0.2, 0.25) is 0 Å². The van der Waals surface area contributed by atoms with Gasteiger partial charge in [0.25, 0.3) is 5.56 Å². The molecule has 2 aromatic rings. The molecule has 0 saturated carbocycles. The molecule has 1 aromatic heterocycles. The zero-order chi connectivity index (χ0) is 13.7. The van der Waals surface area contributed by atoms with Crippen molar-refractivity contribution >= 4 is 27.5 Å². The molecule has 1 aromatic carbocycles. The highest BCUT2D eigenvalue weighted by molar-refractivity contribution is 9.10. The third-order valence-corrected chi connectivity index (χ3v) is 3.29. The van der Waals surface area contributed by atoms with Crippen LogP contribution in [0.15, 0.2) is 51.9 Å². The Hall–Kier alpha value is -1.26. The van der Waals surface area contributed by atoms with Gasteiger partial charge in [-0.1, -0.05) is 11.6 Å². The minimum absolute atomic E-state index is 0.00491. The minimum Gasteiger partial charge on any atom is -0.494 e. The van der Waals surface area contributed by atoms with E-state index in [-0.39, 0.29) is 5.56 Å². The predicted octanol–water partition coefficient (Wildman–Crippen LogP) is 3.73. The third kappa shape index (κ3) is 4.40. The lowest BCUT2D eigenvalue weighted by atomic mass is 10.3. The van der Waals surface area contributed by atoms with E-state index in [4.69, 9.17) is 16.3 Å². The van der Waals surface area contributed by atoms with Gasteiger partial charge in [-0.3, -0.25) is 4.79 Å². The van der Waals surface area contributed by atoms with Gasteiger partial charge in [0.05, 0.1) is 6.61 Å². The summed E-state index contributed by atoms with van der Waals surface area (Å²) in [6.45, 7) is 1.19. The fourth-order valence-corrected chi connectivity index (χ4v) is 2.14. The van der Waals surface area contributed by atoms with Crippen LogP contribution in [0.4, 0.5) is 0 Å². The molecule has 0 aliphatic rings. The summed E-state index contributed by atoms with van der Waals surface area (Å²) in [6.07, 6.45) is 2.55. The molecule has 0 unspecified atom stereocenters. The van der Waals surface area contributed by atoms with Crippen molar-refractivity contribution in [3.8, 4) is 5.75 Å². The standard InChI is InChI=1S/C14H13BrClNO2/c15-11-2-7-14(18)17(10-11)8-1-9-19-13-5-3-12(16)4-6-13/h2-7,10H,1,8-9H2. The number of hydrogen-bond donors (Lipinski definition) is 0. The Labute approximate surface area is 124 Å². The molecular weight excluding hydrogens is 330 g/mol. The number of aromatic nitrogens is 1. The first kappa shape index (κ1) is 14.2. The minimum atomic E-state index is -0.00491. The lowest BCUT2D eigenvalue weighted by Crippen LogP contribution is -2.19. The average molecular weight is 343 g/mol. The molecule has 0 fully saturated rings. The molecule has 100 valence electrons. The van der Waals surface area contributed by atoms with Gasteiger partial charge >= 0.3 is 0 Å². The average Bonchev–Trinajstić information content (AvgIpc) is 2.40. The summed E-state index contributed by atoms with van der Waals surface area (Å²) in [4.78, 5) is 11.6. The highest BCUT2D eigenvalue weighted by atomic mass is 79.9. The van der Waals surface area contributed by atoms with Crippen LogP contribution in [0.5, 0.6) is 5.75 Å². The monoisotopic (exact) mass is 341 g/mol. The molecule has 0 aliphatic carbocycles. The maximum Gasteiger partial charge on any atom is 0.250 e. The Kier molecular flexibility index (Phi) is 5.05. The second kappa shape index (κ2) is 6.78. The van der Waals surface area contributed by atoms with E-state index < -0.39 is 0 Å². The second-order valence-electron chi connectivity index (χ2n) is 4.03. The summed E-state index contributed by atoms with van der Waals surface area (Å²) >= 11 is 9.13. The SMILES string of the molecule is O=c1ccc(Br)cn1CCCOc1ccc(Cl)cc1. The molecule has 5 heteroatoms. The first-order valence-electron chi connectivity index (χ1n) is 5.89. The van der Waals surface area contributed by atoms with E-state index in [1.165, 1.54) is 0 Å². The molecule has 0 atom stereocenters. The fraction of sp³-hybridized carbons (Fsp3) is 0.214. The summed E-state index contributed by atoms with van der Waals surface area (Å²) < 4.78 is 8.12. The fourth-order valence-electron chi connectivity index (χ4n) is 1.63. The number of rotatable bonds is 5. The predicted molar refractivity (Wildman–Crippen MR) is 80.0 cm³/mol. The van der Waals surface area contributed by atoms with Gasteiger partial charge in [0.1, 0.15) is 5.75 Å². The molecule has 0 aliphatic heterocycles. The van der Waals surface area contributed by atoms with E-state index in [2.05, 4.69) is 15.9 Å². The number of halogens is 2. The van der Waals surface area contributed by atoms with Crippen molar-refractivity contribution in [3.05, 3.63) is 62.4 Å².